The van der Waals surface area contributed by atoms with Gasteiger partial charge in [-0.25, -0.2) is 13.6 Å². The fourth-order valence-electron chi connectivity index (χ4n) is 5.08. The van der Waals surface area contributed by atoms with Gasteiger partial charge in [-0.05, 0) is 41.0 Å². The highest BCUT2D eigenvalue weighted by molar-refractivity contribution is 5.95. The SMILES string of the molecule is CN(C)C(=O)c1cccc(-c2ccc(C3[C@H]4CNC[C@@H]3N4C(=O)Nc3cc(F)ccc3F)cc2)c1. The first-order valence-electron chi connectivity index (χ1n) is 11.5. The predicted octanol–water partition coefficient (Wildman–Crippen LogP) is 4.31. The number of piperidine rings is 1. The lowest BCUT2D eigenvalue weighted by Gasteiger charge is -2.59. The van der Waals surface area contributed by atoms with Gasteiger partial charge in [0.2, 0.25) is 0 Å². The zero-order valence-corrected chi connectivity index (χ0v) is 19.5. The molecule has 2 bridgehead atoms. The number of halogens is 2. The molecule has 0 spiro atoms. The van der Waals surface area contributed by atoms with Crippen LogP contribution in [0.5, 0.6) is 0 Å². The average molecular weight is 477 g/mol. The second kappa shape index (κ2) is 9.11. The van der Waals surface area contributed by atoms with Crippen molar-refractivity contribution in [2.24, 2.45) is 0 Å². The molecule has 8 heteroatoms. The Morgan fingerprint density at radius 3 is 2.34 bits per heavy atom. The van der Waals surface area contributed by atoms with Gasteiger partial charge in [-0.3, -0.25) is 4.79 Å². The van der Waals surface area contributed by atoms with E-state index in [0.717, 1.165) is 34.9 Å². The molecule has 3 aromatic carbocycles. The topological polar surface area (TPSA) is 64.7 Å². The molecule has 35 heavy (non-hydrogen) atoms. The summed E-state index contributed by atoms with van der Waals surface area (Å²) in [5, 5.41) is 5.84. The third kappa shape index (κ3) is 4.25. The van der Waals surface area contributed by atoms with Crippen LogP contribution < -0.4 is 10.6 Å². The number of rotatable bonds is 4. The standard InChI is InChI=1S/C27H26F2N4O2/c1-32(2)26(34)19-5-3-4-18(12-19)16-6-8-17(9-7-16)25-23-14-30-15-24(25)33(23)27(35)31-22-13-20(28)10-11-21(22)29/h3-13,23-25,30H,14-15H2,1-2H3,(H,31,35)/t23-,24+,25?. The molecule has 2 saturated heterocycles. The number of nitrogens with one attached hydrogen (secondary N) is 2. The summed E-state index contributed by atoms with van der Waals surface area (Å²) in [4.78, 5) is 28.5. The maximum Gasteiger partial charge on any atom is 0.322 e. The number of carbonyl (C=O) groups is 2. The van der Waals surface area contributed by atoms with Gasteiger partial charge in [0.05, 0.1) is 17.8 Å². The molecular weight excluding hydrogens is 450 g/mol. The molecule has 2 aliphatic rings. The van der Waals surface area contributed by atoms with Crippen molar-refractivity contribution in [2.75, 3.05) is 32.5 Å². The van der Waals surface area contributed by atoms with Crippen molar-refractivity contribution in [3.63, 3.8) is 0 Å². The van der Waals surface area contributed by atoms with Crippen LogP contribution in [0.4, 0.5) is 19.3 Å². The number of hydrogen-bond acceptors (Lipinski definition) is 3. The van der Waals surface area contributed by atoms with E-state index in [1.54, 1.807) is 30.0 Å². The molecule has 3 aromatic rings. The second-order valence-corrected chi connectivity index (χ2v) is 9.18. The first kappa shape index (κ1) is 23.0. The van der Waals surface area contributed by atoms with E-state index < -0.39 is 17.7 Å². The van der Waals surface area contributed by atoms with E-state index in [4.69, 9.17) is 0 Å². The van der Waals surface area contributed by atoms with Gasteiger partial charge >= 0.3 is 6.03 Å². The van der Waals surface area contributed by atoms with Crippen molar-refractivity contribution in [3.05, 3.63) is 89.5 Å². The summed E-state index contributed by atoms with van der Waals surface area (Å²) in [6.45, 7) is 1.24. The van der Waals surface area contributed by atoms with E-state index in [-0.39, 0.29) is 29.6 Å². The summed E-state index contributed by atoms with van der Waals surface area (Å²) in [7, 11) is 3.46. The first-order chi connectivity index (χ1) is 16.8. The van der Waals surface area contributed by atoms with Crippen LogP contribution >= 0.6 is 0 Å². The van der Waals surface area contributed by atoms with E-state index in [1.165, 1.54) is 0 Å². The molecule has 2 fully saturated rings. The third-order valence-electron chi connectivity index (χ3n) is 6.80. The fraction of sp³-hybridized carbons (Fsp3) is 0.259. The van der Waals surface area contributed by atoms with Gasteiger partial charge in [0, 0.05) is 44.7 Å². The average Bonchev–Trinajstić information content (AvgIpc) is 2.86. The Morgan fingerprint density at radius 1 is 0.943 bits per heavy atom. The summed E-state index contributed by atoms with van der Waals surface area (Å²) in [6, 6.07) is 18.1. The molecule has 5 rings (SSSR count). The molecule has 2 heterocycles. The number of piperazine rings is 1. The van der Waals surface area contributed by atoms with Crippen molar-refractivity contribution < 1.29 is 18.4 Å². The quantitative estimate of drug-likeness (QED) is 0.590. The van der Waals surface area contributed by atoms with Gasteiger partial charge in [0.1, 0.15) is 11.6 Å². The third-order valence-corrected chi connectivity index (χ3v) is 6.80. The number of amides is 3. The minimum absolute atomic E-state index is 0.0465. The van der Waals surface area contributed by atoms with Crippen LogP contribution in [0.2, 0.25) is 0 Å². The highest BCUT2D eigenvalue weighted by Crippen LogP contribution is 2.43. The maximum atomic E-state index is 14.0. The number of urea groups is 1. The van der Waals surface area contributed by atoms with Crippen LogP contribution in [-0.2, 0) is 0 Å². The number of fused-ring (bicyclic) bond motifs is 2. The highest BCUT2D eigenvalue weighted by Gasteiger charge is 2.53. The molecule has 2 N–H and O–H groups in total. The van der Waals surface area contributed by atoms with Crippen LogP contribution in [0, 0.1) is 11.6 Å². The van der Waals surface area contributed by atoms with E-state index in [1.807, 2.05) is 30.3 Å². The molecule has 3 atom stereocenters. The molecule has 2 aliphatic heterocycles. The van der Waals surface area contributed by atoms with Gasteiger partial charge in [-0.1, -0.05) is 36.4 Å². The summed E-state index contributed by atoms with van der Waals surface area (Å²) in [5.41, 5.74) is 3.54. The van der Waals surface area contributed by atoms with Crippen LogP contribution in [0.1, 0.15) is 21.8 Å². The van der Waals surface area contributed by atoms with Gasteiger partial charge in [0.15, 0.2) is 0 Å². The molecule has 6 nitrogen and oxygen atoms in total. The van der Waals surface area contributed by atoms with E-state index in [2.05, 4.69) is 22.8 Å². The Balaban J connectivity index is 1.32. The van der Waals surface area contributed by atoms with Gasteiger partial charge in [0.25, 0.3) is 5.91 Å². The second-order valence-electron chi connectivity index (χ2n) is 9.18. The smallest absolute Gasteiger partial charge is 0.322 e. The van der Waals surface area contributed by atoms with Gasteiger partial charge < -0.3 is 20.4 Å². The Kier molecular flexibility index (Phi) is 5.98. The zero-order valence-electron chi connectivity index (χ0n) is 19.5. The molecule has 0 aromatic heterocycles. The maximum absolute atomic E-state index is 14.0. The number of likely N-dealkylation sites (tertiary alicyclic amines) is 1. The van der Waals surface area contributed by atoms with Crippen molar-refractivity contribution in [1.82, 2.24) is 15.1 Å². The van der Waals surface area contributed by atoms with Crippen LogP contribution in [-0.4, -0.2) is 61.0 Å². The molecule has 180 valence electrons. The largest absolute Gasteiger partial charge is 0.345 e. The molecule has 0 radical (unpaired) electrons. The molecular formula is C27H26F2N4O2. The summed E-state index contributed by atoms with van der Waals surface area (Å²) >= 11 is 0. The number of benzene rings is 3. The normalized spacial score (nSPS) is 20.7. The minimum atomic E-state index is -0.674. The number of nitrogens with zero attached hydrogens (tertiary/aromatic N) is 2. The lowest BCUT2D eigenvalue weighted by molar-refractivity contribution is 0.00199. The minimum Gasteiger partial charge on any atom is -0.345 e. The molecule has 1 unspecified atom stereocenters. The van der Waals surface area contributed by atoms with Crippen molar-refractivity contribution in [1.29, 1.82) is 0 Å². The molecule has 3 amide bonds. The van der Waals surface area contributed by atoms with E-state index in [0.29, 0.717) is 18.7 Å². The summed E-state index contributed by atoms with van der Waals surface area (Å²) in [5.74, 6) is -1.18. The van der Waals surface area contributed by atoms with Crippen molar-refractivity contribution in [3.8, 4) is 11.1 Å². The predicted molar refractivity (Wildman–Crippen MR) is 130 cm³/mol. The summed E-state index contributed by atoms with van der Waals surface area (Å²) in [6.07, 6.45) is 0. The Morgan fingerprint density at radius 2 is 1.66 bits per heavy atom. The number of anilines is 1. The van der Waals surface area contributed by atoms with E-state index >= 15 is 0 Å². The number of hydrogen-bond donors (Lipinski definition) is 2. The molecule has 0 saturated carbocycles. The fourth-order valence-corrected chi connectivity index (χ4v) is 5.08. The number of carbonyl (C=O) groups excluding carboxylic acids is 2. The van der Waals surface area contributed by atoms with Crippen molar-refractivity contribution in [2.45, 2.75) is 18.0 Å². The molecule has 0 aliphatic carbocycles. The first-order valence-corrected chi connectivity index (χ1v) is 11.5. The lowest BCUT2D eigenvalue weighted by atomic mass is 9.72. The van der Waals surface area contributed by atoms with Crippen LogP contribution in [0.25, 0.3) is 11.1 Å². The van der Waals surface area contributed by atoms with E-state index in [9.17, 15) is 18.4 Å². The highest BCUT2D eigenvalue weighted by atomic mass is 19.1. The van der Waals surface area contributed by atoms with Gasteiger partial charge in [-0.2, -0.15) is 0 Å². The van der Waals surface area contributed by atoms with Crippen LogP contribution in [0.3, 0.4) is 0 Å². The van der Waals surface area contributed by atoms with Crippen LogP contribution in [0.15, 0.2) is 66.7 Å². The Labute approximate surface area is 202 Å². The summed E-state index contributed by atoms with van der Waals surface area (Å²) < 4.78 is 27.5. The Bertz CT molecular complexity index is 1270. The zero-order chi connectivity index (χ0) is 24.7. The van der Waals surface area contributed by atoms with Gasteiger partial charge in [-0.15, -0.1) is 0 Å². The Hall–Kier alpha value is -3.78. The monoisotopic (exact) mass is 476 g/mol. The van der Waals surface area contributed by atoms with Crippen molar-refractivity contribution >= 4 is 17.6 Å². The lowest BCUT2D eigenvalue weighted by Crippen LogP contribution is -2.74.